The zero-order valence-electron chi connectivity index (χ0n) is 14.7. The van der Waals surface area contributed by atoms with Crippen LogP contribution in [0.3, 0.4) is 0 Å². The third-order valence-electron chi connectivity index (χ3n) is 3.92. The van der Waals surface area contributed by atoms with Crippen LogP contribution in [0, 0.1) is 22.2 Å². The zero-order chi connectivity index (χ0) is 20.4. The Morgan fingerprint density at radius 1 is 1.44 bits per heavy atom. The van der Waals surface area contributed by atoms with Crippen LogP contribution in [0.15, 0.2) is 35.0 Å². The molecule has 142 valence electrons. The largest absolute Gasteiger partial charge is 0.417 e. The van der Waals surface area contributed by atoms with Crippen molar-refractivity contribution in [1.29, 1.82) is 5.26 Å². The molecular weight excluding hydrogens is 365 g/mol. The van der Waals surface area contributed by atoms with E-state index in [4.69, 9.17) is 5.26 Å². The molecule has 0 bridgehead atoms. The molecule has 1 aliphatic rings. The lowest BCUT2D eigenvalue weighted by molar-refractivity contribution is -0.764. The summed E-state index contributed by atoms with van der Waals surface area (Å²) in [5.41, 5.74) is -1.66. The topological polar surface area (TPSA) is 85.8 Å². The number of nitriles is 1. The molecule has 27 heavy (non-hydrogen) atoms. The molecule has 0 saturated carbocycles. The first kappa shape index (κ1) is 20.1. The fourth-order valence-electron chi connectivity index (χ4n) is 2.60. The molecule has 1 atom stereocenters. The van der Waals surface area contributed by atoms with Crippen molar-refractivity contribution in [2.24, 2.45) is 10.9 Å². The quantitative estimate of drug-likeness (QED) is 0.753. The van der Waals surface area contributed by atoms with Gasteiger partial charge in [-0.05, 0) is 18.2 Å². The van der Waals surface area contributed by atoms with Crippen LogP contribution in [0.25, 0.3) is 0 Å². The Morgan fingerprint density at radius 3 is 2.63 bits per heavy atom. The normalized spacial score (nSPS) is 16.7. The maximum absolute atomic E-state index is 13.2. The van der Waals surface area contributed by atoms with Crippen molar-refractivity contribution < 1.29 is 27.7 Å². The lowest BCUT2D eigenvalue weighted by atomic mass is 10.0. The van der Waals surface area contributed by atoms with Crippen LogP contribution >= 0.6 is 0 Å². The lowest BCUT2D eigenvalue weighted by Gasteiger charge is -2.24. The Morgan fingerprint density at radius 2 is 2.11 bits per heavy atom. The highest BCUT2D eigenvalue weighted by Crippen LogP contribution is 2.35. The molecule has 0 aromatic heterocycles. The van der Waals surface area contributed by atoms with Crippen LogP contribution in [-0.4, -0.2) is 30.3 Å². The fraction of sp³-hybridized carbons (Fsp3) is 0.353. The highest BCUT2D eigenvalue weighted by molar-refractivity contribution is 6.21. The molecule has 0 spiro atoms. The van der Waals surface area contributed by atoms with E-state index in [1.54, 1.807) is 6.92 Å². The Kier molecular flexibility index (Phi) is 5.64. The number of nitrogens with zero attached hydrogens (tertiary/aromatic N) is 4. The number of amidine groups is 1. The molecule has 0 radical (unpaired) electrons. The third-order valence-corrected chi connectivity index (χ3v) is 3.92. The van der Waals surface area contributed by atoms with Gasteiger partial charge in [0.25, 0.3) is 4.92 Å². The molecule has 1 heterocycles. The van der Waals surface area contributed by atoms with Gasteiger partial charge >= 0.3 is 11.9 Å². The summed E-state index contributed by atoms with van der Waals surface area (Å²) in [4.78, 5) is 34.0. The van der Waals surface area contributed by atoms with Crippen LogP contribution in [0.1, 0.15) is 25.0 Å². The highest BCUT2D eigenvalue weighted by atomic mass is 19.4. The van der Waals surface area contributed by atoms with E-state index in [1.807, 2.05) is 0 Å². The van der Waals surface area contributed by atoms with E-state index in [2.05, 4.69) is 9.83 Å². The van der Waals surface area contributed by atoms with Gasteiger partial charge in [-0.1, -0.05) is 6.92 Å². The average molecular weight is 381 g/mol. The van der Waals surface area contributed by atoms with Gasteiger partial charge in [-0.25, -0.2) is 4.84 Å². The van der Waals surface area contributed by atoms with Crippen molar-refractivity contribution in [1.82, 2.24) is 0 Å². The predicted octanol–water partition coefficient (Wildman–Crippen LogP) is 3.20. The molecule has 1 aromatic rings. The zero-order valence-corrected chi connectivity index (χ0v) is 14.7. The smallest absolute Gasteiger partial charge is 0.274 e. The number of benzene rings is 1. The van der Waals surface area contributed by atoms with Crippen molar-refractivity contribution in [3.8, 4) is 6.07 Å². The molecule has 1 aromatic carbocycles. The van der Waals surface area contributed by atoms with E-state index in [0.717, 1.165) is 17.9 Å². The molecular formula is C17H16F3N4O3+. The summed E-state index contributed by atoms with van der Waals surface area (Å²) >= 11 is 0. The van der Waals surface area contributed by atoms with Crippen LogP contribution in [0.4, 0.5) is 18.9 Å². The van der Waals surface area contributed by atoms with Crippen molar-refractivity contribution in [2.45, 2.75) is 20.0 Å². The summed E-state index contributed by atoms with van der Waals surface area (Å²) in [5.74, 6) is -0.898. The Labute approximate surface area is 152 Å². The minimum Gasteiger partial charge on any atom is -0.274 e. The van der Waals surface area contributed by atoms with Gasteiger partial charge in [-0.15, -0.1) is 0 Å². The number of hydrogen-bond acceptors (Lipinski definition) is 5. The summed E-state index contributed by atoms with van der Waals surface area (Å²) < 4.78 is 39.7. The second-order valence-corrected chi connectivity index (χ2v) is 5.80. The van der Waals surface area contributed by atoms with Crippen LogP contribution < -0.4 is 4.90 Å². The maximum Gasteiger partial charge on any atom is 0.417 e. The molecule has 0 fully saturated rings. The fourth-order valence-corrected chi connectivity index (χ4v) is 2.60. The van der Waals surface area contributed by atoms with Gasteiger partial charge < -0.3 is 0 Å². The van der Waals surface area contributed by atoms with E-state index in [0.29, 0.717) is 6.07 Å². The first-order valence-electron chi connectivity index (χ1n) is 7.79. The number of carbonyl (C=O) groups is 1. The van der Waals surface area contributed by atoms with Gasteiger partial charge in [-0.2, -0.15) is 18.4 Å². The van der Waals surface area contributed by atoms with Gasteiger partial charge in [0.15, 0.2) is 7.11 Å². The number of aliphatic imine (C=N–C) groups is 1. The van der Waals surface area contributed by atoms with E-state index in [9.17, 15) is 22.9 Å². The molecule has 2 rings (SSSR count). The maximum atomic E-state index is 13.2. The highest BCUT2D eigenvalue weighted by Gasteiger charge is 2.36. The number of dihydropyridines is 1. The number of hydrogen-bond donors (Lipinski definition) is 0. The molecule has 0 saturated heterocycles. The molecule has 1 amide bonds. The van der Waals surface area contributed by atoms with E-state index < -0.39 is 23.2 Å². The molecule has 1 aliphatic heterocycles. The minimum absolute atomic E-state index is 0.00586. The van der Waals surface area contributed by atoms with Crippen LogP contribution in [0.2, 0.25) is 0 Å². The van der Waals surface area contributed by atoms with Crippen LogP contribution in [0.5, 0.6) is 0 Å². The second-order valence-electron chi connectivity index (χ2n) is 5.80. The number of alkyl halides is 3. The summed E-state index contributed by atoms with van der Waals surface area (Å²) in [6.45, 7) is 3.03. The number of amides is 1. The van der Waals surface area contributed by atoms with Crippen molar-refractivity contribution in [3.05, 3.63) is 46.0 Å². The van der Waals surface area contributed by atoms with E-state index in [-0.39, 0.29) is 34.6 Å². The SMILES string of the molecule is CO[N+](=O)C1=CC(N(C(C)=O)c2ccc(C#N)c(C(F)(F)F)c2)=NCC1C. The first-order valence-corrected chi connectivity index (χ1v) is 7.79. The number of carbonyl (C=O) groups excluding carboxylic acids is 1. The Bertz CT molecular complexity index is 884. The molecule has 0 N–H and O–H groups in total. The van der Waals surface area contributed by atoms with Crippen LogP contribution in [-0.2, 0) is 15.8 Å². The monoisotopic (exact) mass is 381 g/mol. The Balaban J connectivity index is 2.57. The molecule has 10 heteroatoms. The van der Waals surface area contributed by atoms with Gasteiger partial charge in [0.2, 0.25) is 5.91 Å². The summed E-state index contributed by atoms with van der Waals surface area (Å²) in [7, 11) is 1.17. The summed E-state index contributed by atoms with van der Waals surface area (Å²) in [5, 5.41) is 8.90. The molecule has 1 unspecified atom stereocenters. The number of anilines is 1. The number of rotatable bonds is 3. The lowest BCUT2D eigenvalue weighted by Crippen LogP contribution is -2.37. The summed E-state index contributed by atoms with van der Waals surface area (Å²) in [6, 6.07) is 4.39. The van der Waals surface area contributed by atoms with E-state index >= 15 is 0 Å². The van der Waals surface area contributed by atoms with Crippen molar-refractivity contribution in [2.75, 3.05) is 18.6 Å². The van der Waals surface area contributed by atoms with E-state index in [1.165, 1.54) is 25.3 Å². The first-order chi connectivity index (χ1) is 12.6. The van der Waals surface area contributed by atoms with Gasteiger partial charge in [-0.3, -0.25) is 14.7 Å². The van der Waals surface area contributed by atoms with Crippen molar-refractivity contribution in [3.63, 3.8) is 0 Å². The third kappa shape index (κ3) is 4.13. The van der Waals surface area contributed by atoms with Crippen molar-refractivity contribution >= 4 is 17.4 Å². The van der Waals surface area contributed by atoms with Gasteiger partial charge in [0, 0.05) is 6.92 Å². The number of halogens is 3. The van der Waals surface area contributed by atoms with Gasteiger partial charge in [0.05, 0.1) is 46.3 Å². The van der Waals surface area contributed by atoms with Gasteiger partial charge in [0.1, 0.15) is 5.84 Å². The predicted molar refractivity (Wildman–Crippen MR) is 89.5 cm³/mol. The second kappa shape index (κ2) is 7.57. The minimum atomic E-state index is -4.77. The molecule has 7 nitrogen and oxygen atoms in total. The average Bonchev–Trinajstić information content (AvgIpc) is 2.61. The standard InChI is InChI=1S/C17H16F3N4O3/c1-10-9-22-16(7-15(10)24(26)27-3)23(11(2)25)13-5-4-12(8-21)14(6-13)17(18,19)20/h4-7,10H,9H2,1-3H3/q+1. The summed E-state index contributed by atoms with van der Waals surface area (Å²) in [6.07, 6.45) is -3.48. The molecule has 0 aliphatic carbocycles. The Hall–Kier alpha value is -3.22.